The smallest absolute Gasteiger partial charge is 0.0748 e. The van der Waals surface area contributed by atoms with Gasteiger partial charge in [0, 0.05) is 19.6 Å². The van der Waals surface area contributed by atoms with E-state index in [4.69, 9.17) is 4.74 Å². The predicted molar refractivity (Wildman–Crippen MR) is 75.5 cm³/mol. The number of aryl methyl sites for hydroxylation is 1. The van der Waals surface area contributed by atoms with E-state index >= 15 is 0 Å². The fraction of sp³-hybridized carbons (Fsp3) is 0.600. The Labute approximate surface area is 109 Å². The summed E-state index contributed by atoms with van der Waals surface area (Å²) in [4.78, 5) is 2.48. The Morgan fingerprint density at radius 1 is 1.44 bits per heavy atom. The first-order valence-corrected chi connectivity index (χ1v) is 7.11. The Morgan fingerprint density at radius 3 is 3.28 bits per heavy atom. The molecule has 18 heavy (non-hydrogen) atoms. The Bertz CT molecular complexity index is 419. The highest BCUT2D eigenvalue weighted by Crippen LogP contribution is 2.33. The number of para-hydroxylation sites is 1. The van der Waals surface area contributed by atoms with Crippen LogP contribution in [0.1, 0.15) is 25.3 Å². The number of benzene rings is 1. The number of fused-ring (bicyclic) bond motifs is 1. The maximum absolute atomic E-state index is 5.76. The molecule has 2 aliphatic heterocycles. The van der Waals surface area contributed by atoms with Crippen LogP contribution in [-0.2, 0) is 11.2 Å². The summed E-state index contributed by atoms with van der Waals surface area (Å²) in [6.45, 7) is 6.18. The van der Waals surface area contributed by atoms with Crippen LogP contribution in [0.2, 0.25) is 0 Å². The van der Waals surface area contributed by atoms with E-state index in [1.54, 1.807) is 0 Å². The summed E-state index contributed by atoms with van der Waals surface area (Å²) in [6.07, 6.45) is 3.94. The zero-order valence-electron chi connectivity index (χ0n) is 11.1. The molecule has 1 N–H and O–H groups in total. The molecule has 98 valence electrons. The van der Waals surface area contributed by atoms with Crippen molar-refractivity contribution in [3.63, 3.8) is 0 Å². The van der Waals surface area contributed by atoms with Crippen LogP contribution >= 0.6 is 0 Å². The summed E-state index contributed by atoms with van der Waals surface area (Å²) in [5.74, 6) is 0. The number of ether oxygens (including phenoxy) is 1. The highest BCUT2D eigenvalue weighted by Gasteiger charge is 2.22. The molecule has 2 heterocycles. The fourth-order valence-corrected chi connectivity index (χ4v) is 2.94. The molecule has 1 aromatic carbocycles. The average Bonchev–Trinajstić information content (AvgIpc) is 2.47. The molecule has 3 nitrogen and oxygen atoms in total. The Hall–Kier alpha value is -1.22. The molecular weight excluding hydrogens is 224 g/mol. The van der Waals surface area contributed by atoms with Crippen LogP contribution in [0.5, 0.6) is 0 Å². The van der Waals surface area contributed by atoms with Gasteiger partial charge in [-0.3, -0.25) is 0 Å². The van der Waals surface area contributed by atoms with Crippen molar-refractivity contribution in [3.05, 3.63) is 23.8 Å². The molecule has 0 amide bonds. The Balaban J connectivity index is 1.87. The third-order valence-electron chi connectivity index (χ3n) is 3.99. The number of hydrogen-bond donors (Lipinski definition) is 1. The van der Waals surface area contributed by atoms with E-state index in [0.717, 1.165) is 32.7 Å². The van der Waals surface area contributed by atoms with Gasteiger partial charge in [-0.25, -0.2) is 0 Å². The summed E-state index contributed by atoms with van der Waals surface area (Å²) in [5.41, 5.74) is 4.20. The standard InChI is InChI=1S/C15H22N2O/c1-2-13-11-17(9-10-18-13)14-7-3-5-12-6-4-8-16-15(12)14/h3,5,7,13,16H,2,4,6,8-11H2,1H3. The lowest BCUT2D eigenvalue weighted by Gasteiger charge is -2.36. The molecule has 1 aromatic rings. The first kappa shape index (κ1) is 11.8. The third-order valence-corrected chi connectivity index (χ3v) is 3.99. The summed E-state index contributed by atoms with van der Waals surface area (Å²) in [7, 11) is 0. The van der Waals surface area contributed by atoms with E-state index in [2.05, 4.69) is 35.3 Å². The molecular formula is C15H22N2O. The van der Waals surface area contributed by atoms with Crippen molar-refractivity contribution in [2.24, 2.45) is 0 Å². The molecule has 2 aliphatic rings. The van der Waals surface area contributed by atoms with E-state index in [0.29, 0.717) is 6.10 Å². The van der Waals surface area contributed by atoms with E-state index in [-0.39, 0.29) is 0 Å². The van der Waals surface area contributed by atoms with Gasteiger partial charge in [0.15, 0.2) is 0 Å². The van der Waals surface area contributed by atoms with Crippen LogP contribution in [0.15, 0.2) is 18.2 Å². The van der Waals surface area contributed by atoms with Crippen molar-refractivity contribution in [2.45, 2.75) is 32.3 Å². The SMILES string of the molecule is CCC1CN(c2cccc3c2NCCC3)CCO1. The van der Waals surface area contributed by atoms with Gasteiger partial charge in [0.25, 0.3) is 0 Å². The lowest BCUT2D eigenvalue weighted by molar-refractivity contribution is 0.0385. The minimum Gasteiger partial charge on any atom is -0.383 e. The minimum atomic E-state index is 0.387. The second kappa shape index (κ2) is 5.19. The van der Waals surface area contributed by atoms with Gasteiger partial charge in [0.2, 0.25) is 0 Å². The molecule has 3 rings (SSSR count). The van der Waals surface area contributed by atoms with Crippen LogP contribution in [0.25, 0.3) is 0 Å². The Kier molecular flexibility index (Phi) is 3.41. The van der Waals surface area contributed by atoms with Gasteiger partial charge in [-0.2, -0.15) is 0 Å². The van der Waals surface area contributed by atoms with E-state index < -0.39 is 0 Å². The van der Waals surface area contributed by atoms with Gasteiger partial charge in [-0.1, -0.05) is 19.1 Å². The van der Waals surface area contributed by atoms with Crippen LogP contribution in [0.4, 0.5) is 11.4 Å². The topological polar surface area (TPSA) is 24.5 Å². The lowest BCUT2D eigenvalue weighted by Crippen LogP contribution is -2.42. The molecule has 0 saturated carbocycles. The van der Waals surface area contributed by atoms with Gasteiger partial charge < -0.3 is 15.0 Å². The summed E-state index contributed by atoms with van der Waals surface area (Å²) >= 11 is 0. The normalized spacial score (nSPS) is 23.4. The summed E-state index contributed by atoms with van der Waals surface area (Å²) in [5, 5.41) is 3.58. The third kappa shape index (κ3) is 2.19. The fourth-order valence-electron chi connectivity index (χ4n) is 2.94. The monoisotopic (exact) mass is 246 g/mol. The average molecular weight is 246 g/mol. The van der Waals surface area contributed by atoms with Gasteiger partial charge in [0.1, 0.15) is 0 Å². The summed E-state index contributed by atoms with van der Waals surface area (Å²) < 4.78 is 5.76. The molecule has 0 spiro atoms. The zero-order chi connectivity index (χ0) is 12.4. The largest absolute Gasteiger partial charge is 0.383 e. The van der Waals surface area contributed by atoms with Crippen molar-refractivity contribution >= 4 is 11.4 Å². The highest BCUT2D eigenvalue weighted by molar-refractivity contribution is 5.74. The Morgan fingerprint density at radius 2 is 2.39 bits per heavy atom. The molecule has 1 saturated heterocycles. The number of nitrogens with zero attached hydrogens (tertiary/aromatic N) is 1. The molecule has 1 atom stereocenters. The van der Waals surface area contributed by atoms with Gasteiger partial charge in [0.05, 0.1) is 24.1 Å². The second-order valence-electron chi connectivity index (χ2n) is 5.19. The molecule has 1 fully saturated rings. The number of nitrogens with one attached hydrogen (secondary N) is 1. The van der Waals surface area contributed by atoms with Crippen molar-refractivity contribution in [3.8, 4) is 0 Å². The first-order chi connectivity index (χ1) is 8.88. The minimum absolute atomic E-state index is 0.387. The number of anilines is 2. The van der Waals surface area contributed by atoms with Crippen LogP contribution in [0.3, 0.4) is 0 Å². The number of hydrogen-bond acceptors (Lipinski definition) is 3. The molecule has 3 heteroatoms. The maximum atomic E-state index is 5.76. The predicted octanol–water partition coefficient (Wildman–Crippen LogP) is 2.66. The van der Waals surface area contributed by atoms with Crippen molar-refractivity contribution in [2.75, 3.05) is 36.5 Å². The van der Waals surface area contributed by atoms with Crippen LogP contribution < -0.4 is 10.2 Å². The van der Waals surface area contributed by atoms with E-state index in [1.165, 1.54) is 29.8 Å². The van der Waals surface area contributed by atoms with Crippen molar-refractivity contribution in [1.29, 1.82) is 0 Å². The first-order valence-electron chi connectivity index (χ1n) is 7.11. The summed E-state index contributed by atoms with van der Waals surface area (Å²) in [6, 6.07) is 6.69. The maximum Gasteiger partial charge on any atom is 0.0748 e. The van der Waals surface area contributed by atoms with Crippen molar-refractivity contribution in [1.82, 2.24) is 0 Å². The van der Waals surface area contributed by atoms with E-state index in [1.807, 2.05) is 0 Å². The van der Waals surface area contributed by atoms with Crippen LogP contribution in [0, 0.1) is 0 Å². The molecule has 0 aliphatic carbocycles. The highest BCUT2D eigenvalue weighted by atomic mass is 16.5. The van der Waals surface area contributed by atoms with E-state index in [9.17, 15) is 0 Å². The zero-order valence-corrected chi connectivity index (χ0v) is 11.1. The molecule has 0 radical (unpaired) electrons. The molecule has 0 aromatic heterocycles. The molecule has 1 unspecified atom stereocenters. The van der Waals surface area contributed by atoms with Gasteiger partial charge in [-0.15, -0.1) is 0 Å². The molecule has 0 bridgehead atoms. The number of rotatable bonds is 2. The second-order valence-corrected chi connectivity index (χ2v) is 5.19. The number of morpholine rings is 1. The van der Waals surface area contributed by atoms with Crippen LogP contribution in [-0.4, -0.2) is 32.3 Å². The van der Waals surface area contributed by atoms with Gasteiger partial charge in [-0.05, 0) is 30.9 Å². The lowest BCUT2D eigenvalue weighted by atomic mass is 10.0. The van der Waals surface area contributed by atoms with Crippen molar-refractivity contribution < 1.29 is 4.74 Å². The van der Waals surface area contributed by atoms with Gasteiger partial charge >= 0.3 is 0 Å². The quantitative estimate of drug-likeness (QED) is 0.868.